The third-order valence-corrected chi connectivity index (χ3v) is 2.07. The van der Waals surface area contributed by atoms with Crippen molar-refractivity contribution >= 4 is 34.8 Å². The molecule has 0 atom stereocenters. The summed E-state index contributed by atoms with van der Waals surface area (Å²) in [6.07, 6.45) is -4.57. The molecule has 1 rings (SSSR count). The van der Waals surface area contributed by atoms with Gasteiger partial charge in [-0.15, -0.1) is 11.6 Å². The molecule has 3 nitrogen and oxygen atoms in total. The molecule has 0 spiro atoms. The van der Waals surface area contributed by atoms with Crippen molar-refractivity contribution in [3.63, 3.8) is 0 Å². The van der Waals surface area contributed by atoms with E-state index in [1.165, 1.54) is 0 Å². The third kappa shape index (κ3) is 3.24. The Kier molecular flexibility index (Phi) is 3.98. The molecule has 0 fully saturated rings. The summed E-state index contributed by atoms with van der Waals surface area (Å²) < 4.78 is 36.6. The van der Waals surface area contributed by atoms with Gasteiger partial charge in [0.25, 0.3) is 0 Å². The highest BCUT2D eigenvalue weighted by atomic mass is 35.5. The van der Waals surface area contributed by atoms with Gasteiger partial charge in [-0.1, -0.05) is 11.6 Å². The zero-order chi connectivity index (χ0) is 12.3. The molecule has 0 bridgehead atoms. The number of halogens is 5. The highest BCUT2D eigenvalue weighted by Crippen LogP contribution is 2.30. The molecule has 1 amide bonds. The molecule has 1 N–H and O–H groups in total. The van der Waals surface area contributed by atoms with Crippen molar-refractivity contribution in [1.82, 2.24) is 4.98 Å². The van der Waals surface area contributed by atoms with Crippen molar-refractivity contribution in [3.8, 4) is 0 Å². The Hall–Kier alpha value is -1.01. The number of hydrogen-bond acceptors (Lipinski definition) is 2. The minimum absolute atomic E-state index is 0.0136. The van der Waals surface area contributed by atoms with Crippen molar-refractivity contribution in [1.29, 1.82) is 0 Å². The molecule has 0 aliphatic heterocycles. The molecule has 0 radical (unpaired) electrons. The number of carbonyl (C=O) groups is 1. The van der Waals surface area contributed by atoms with Gasteiger partial charge in [0.1, 0.15) is 11.6 Å². The van der Waals surface area contributed by atoms with Crippen molar-refractivity contribution in [2.45, 2.75) is 6.18 Å². The Balaban J connectivity index is 2.96. The van der Waals surface area contributed by atoms with Crippen LogP contribution in [0.1, 0.15) is 5.69 Å². The molecule has 0 aliphatic rings. The summed E-state index contributed by atoms with van der Waals surface area (Å²) in [5.74, 6) is -0.901. The van der Waals surface area contributed by atoms with Crippen molar-refractivity contribution in [2.75, 3.05) is 11.2 Å². The highest BCUT2D eigenvalue weighted by Gasteiger charge is 2.32. The van der Waals surface area contributed by atoms with Crippen LogP contribution in [0.5, 0.6) is 0 Å². The fourth-order valence-corrected chi connectivity index (χ4v) is 1.14. The Morgan fingerprint density at radius 2 is 2.06 bits per heavy atom. The van der Waals surface area contributed by atoms with Crippen LogP contribution in [0.25, 0.3) is 0 Å². The summed E-state index contributed by atoms with van der Waals surface area (Å²) in [4.78, 5) is 14.0. The minimum Gasteiger partial charge on any atom is -0.322 e. The lowest BCUT2D eigenvalue weighted by Gasteiger charge is -2.09. The van der Waals surface area contributed by atoms with Crippen LogP contribution >= 0.6 is 23.2 Å². The van der Waals surface area contributed by atoms with E-state index in [0.717, 1.165) is 12.1 Å². The summed E-state index contributed by atoms with van der Waals surface area (Å²) in [6.45, 7) is 0. The summed E-state index contributed by atoms with van der Waals surface area (Å²) in [5, 5.41) is 1.77. The Morgan fingerprint density at radius 3 is 2.50 bits per heavy atom. The maximum atomic E-state index is 12.2. The summed E-state index contributed by atoms with van der Waals surface area (Å²) in [5.41, 5.74) is -1.14. The van der Waals surface area contributed by atoms with Crippen LogP contribution in [-0.4, -0.2) is 16.8 Å². The lowest BCUT2D eigenvalue weighted by Crippen LogP contribution is -2.14. The van der Waals surface area contributed by atoms with E-state index in [-0.39, 0.29) is 11.6 Å². The Morgan fingerprint density at radius 1 is 1.44 bits per heavy atom. The molecule has 0 saturated carbocycles. The number of nitrogens with zero attached hydrogens (tertiary/aromatic N) is 1. The quantitative estimate of drug-likeness (QED) is 0.665. The van der Waals surface area contributed by atoms with Crippen LogP contribution < -0.4 is 5.32 Å². The lowest BCUT2D eigenvalue weighted by atomic mass is 10.3. The smallest absolute Gasteiger partial charge is 0.322 e. The number of anilines is 1. The van der Waals surface area contributed by atoms with E-state index < -0.39 is 22.9 Å². The first-order valence-corrected chi connectivity index (χ1v) is 4.85. The van der Waals surface area contributed by atoms with E-state index in [0.29, 0.717) is 0 Å². The van der Waals surface area contributed by atoms with Gasteiger partial charge >= 0.3 is 6.18 Å². The predicted octanol–water partition coefficient (Wildman–Crippen LogP) is 2.93. The normalized spacial score (nSPS) is 11.3. The van der Waals surface area contributed by atoms with Crippen molar-refractivity contribution < 1.29 is 18.0 Å². The summed E-state index contributed by atoms with van der Waals surface area (Å²) in [7, 11) is 0. The second kappa shape index (κ2) is 4.88. The monoisotopic (exact) mass is 272 g/mol. The Bertz CT molecular complexity index is 409. The molecule has 1 aromatic rings. The van der Waals surface area contributed by atoms with Gasteiger partial charge in [0.15, 0.2) is 5.15 Å². The van der Waals surface area contributed by atoms with Gasteiger partial charge in [-0.3, -0.25) is 4.79 Å². The van der Waals surface area contributed by atoms with Crippen LogP contribution in [0.4, 0.5) is 18.9 Å². The molecule has 1 heterocycles. The van der Waals surface area contributed by atoms with E-state index in [1.54, 1.807) is 0 Å². The van der Waals surface area contributed by atoms with Gasteiger partial charge in [-0.05, 0) is 12.1 Å². The number of carbonyl (C=O) groups excluding carboxylic acids is 1. The van der Waals surface area contributed by atoms with Crippen molar-refractivity contribution in [3.05, 3.63) is 23.0 Å². The van der Waals surface area contributed by atoms with E-state index in [9.17, 15) is 18.0 Å². The number of rotatable bonds is 2. The topological polar surface area (TPSA) is 42.0 Å². The number of pyridine rings is 1. The average molecular weight is 273 g/mol. The average Bonchev–Trinajstić information content (AvgIpc) is 2.19. The lowest BCUT2D eigenvalue weighted by molar-refractivity contribution is -0.141. The van der Waals surface area contributed by atoms with Crippen LogP contribution in [-0.2, 0) is 11.0 Å². The molecule has 88 valence electrons. The predicted molar refractivity (Wildman–Crippen MR) is 53.6 cm³/mol. The third-order valence-electron chi connectivity index (χ3n) is 1.53. The number of hydrogen-bond donors (Lipinski definition) is 1. The first-order valence-electron chi connectivity index (χ1n) is 3.94. The van der Waals surface area contributed by atoms with Crippen LogP contribution in [0.15, 0.2) is 12.1 Å². The van der Waals surface area contributed by atoms with Crippen LogP contribution in [0, 0.1) is 0 Å². The van der Waals surface area contributed by atoms with Gasteiger partial charge < -0.3 is 5.32 Å². The second-order valence-electron chi connectivity index (χ2n) is 2.71. The number of alkyl halides is 4. The number of aromatic nitrogens is 1. The van der Waals surface area contributed by atoms with Gasteiger partial charge in [-0.25, -0.2) is 4.98 Å². The minimum atomic E-state index is -4.57. The van der Waals surface area contributed by atoms with E-state index >= 15 is 0 Å². The molecule has 0 aliphatic carbocycles. The standard InChI is InChI=1S/C8H5Cl2F3N2O/c9-3-6(16)14-4-1-2-5(8(11,12)13)15-7(4)10/h1-2H,3H2,(H,14,16). The van der Waals surface area contributed by atoms with E-state index in [1.807, 2.05) is 0 Å². The van der Waals surface area contributed by atoms with Crippen molar-refractivity contribution in [2.24, 2.45) is 0 Å². The zero-order valence-electron chi connectivity index (χ0n) is 7.61. The number of amides is 1. The maximum absolute atomic E-state index is 12.2. The first-order chi connectivity index (χ1) is 7.34. The van der Waals surface area contributed by atoms with E-state index in [4.69, 9.17) is 23.2 Å². The molecule has 16 heavy (non-hydrogen) atoms. The first kappa shape index (κ1) is 13.1. The molecule has 1 aromatic heterocycles. The van der Waals surface area contributed by atoms with E-state index in [2.05, 4.69) is 10.3 Å². The van der Waals surface area contributed by atoms with Crippen LogP contribution in [0.3, 0.4) is 0 Å². The fourth-order valence-electron chi connectivity index (χ4n) is 0.869. The SMILES string of the molecule is O=C(CCl)Nc1ccc(C(F)(F)F)nc1Cl. The zero-order valence-corrected chi connectivity index (χ0v) is 9.12. The van der Waals surface area contributed by atoms with Crippen LogP contribution in [0.2, 0.25) is 5.15 Å². The van der Waals surface area contributed by atoms with Gasteiger partial charge in [0.05, 0.1) is 5.69 Å². The summed E-state index contributed by atoms with van der Waals surface area (Å²) >= 11 is 10.7. The Labute approximate surface area is 98.6 Å². The number of nitrogens with one attached hydrogen (secondary N) is 1. The molecule has 8 heteroatoms. The summed E-state index contributed by atoms with van der Waals surface area (Å²) in [6, 6.07) is 1.73. The molecule has 0 aromatic carbocycles. The van der Waals surface area contributed by atoms with Gasteiger partial charge in [-0.2, -0.15) is 13.2 Å². The van der Waals surface area contributed by atoms with Gasteiger partial charge in [0, 0.05) is 0 Å². The fraction of sp³-hybridized carbons (Fsp3) is 0.250. The molecule has 0 unspecified atom stereocenters. The highest BCUT2D eigenvalue weighted by molar-refractivity contribution is 6.33. The molecular formula is C8H5Cl2F3N2O. The largest absolute Gasteiger partial charge is 0.433 e. The molecule has 0 saturated heterocycles. The second-order valence-corrected chi connectivity index (χ2v) is 3.34. The maximum Gasteiger partial charge on any atom is 0.433 e. The van der Waals surface area contributed by atoms with Gasteiger partial charge in [0.2, 0.25) is 5.91 Å². The molecular weight excluding hydrogens is 268 g/mol.